The van der Waals surface area contributed by atoms with Crippen LogP contribution in [0.25, 0.3) is 5.57 Å². The predicted octanol–water partition coefficient (Wildman–Crippen LogP) is 3.22. The van der Waals surface area contributed by atoms with E-state index in [0.29, 0.717) is 0 Å². The van der Waals surface area contributed by atoms with Crippen molar-refractivity contribution in [1.29, 1.82) is 0 Å². The predicted molar refractivity (Wildman–Crippen MR) is 130 cm³/mol. The maximum Gasteiger partial charge on any atom is 0.116 e. The van der Waals surface area contributed by atoms with Crippen LogP contribution < -0.4 is 28.3 Å². The molecule has 0 saturated carbocycles. The quantitative estimate of drug-likeness (QED) is 0.414. The van der Waals surface area contributed by atoms with Crippen molar-refractivity contribution >= 4 is 28.7 Å². The summed E-state index contributed by atoms with van der Waals surface area (Å²) in [7, 11) is -1.85. The monoisotopic (exact) mass is 428 g/mol. The molecule has 0 amide bonds. The van der Waals surface area contributed by atoms with Crippen LogP contribution in [-0.4, -0.2) is 0 Å². The standard InChI is InChI=1S/C28H26P.ClH/c1-23(2)25-14-12-13-24(21-25)22-29(26-15-6-3-7-16-26,27-17-8-4-9-18-27)28-19-10-5-11-20-28;/h3-21H,1,22H2,2H3;1H/q+1;/p-1. The lowest BCUT2D eigenvalue weighted by Crippen LogP contribution is -3.00. The van der Waals surface area contributed by atoms with Gasteiger partial charge in [-0.1, -0.05) is 84.9 Å². The highest BCUT2D eigenvalue weighted by molar-refractivity contribution is 7.95. The highest BCUT2D eigenvalue weighted by Gasteiger charge is 2.45. The Morgan fingerprint density at radius 3 is 1.47 bits per heavy atom. The summed E-state index contributed by atoms with van der Waals surface area (Å²) in [6, 6.07) is 42.0. The second kappa shape index (κ2) is 9.90. The van der Waals surface area contributed by atoms with Crippen LogP contribution in [0, 0.1) is 0 Å². The molecule has 0 fully saturated rings. The molecule has 0 aliphatic rings. The molecule has 0 unspecified atom stereocenters. The van der Waals surface area contributed by atoms with E-state index in [4.69, 9.17) is 0 Å². The number of hydrogen-bond donors (Lipinski definition) is 0. The Kier molecular flexibility index (Phi) is 7.27. The van der Waals surface area contributed by atoms with Crippen LogP contribution >= 0.6 is 7.26 Å². The number of rotatable bonds is 6. The van der Waals surface area contributed by atoms with Gasteiger partial charge in [0, 0.05) is 0 Å². The van der Waals surface area contributed by atoms with Gasteiger partial charge in [0.1, 0.15) is 23.2 Å². The Labute approximate surface area is 187 Å². The van der Waals surface area contributed by atoms with Crippen LogP contribution in [0.3, 0.4) is 0 Å². The van der Waals surface area contributed by atoms with Crippen molar-refractivity contribution in [3.05, 3.63) is 133 Å². The Morgan fingerprint density at radius 1 is 0.633 bits per heavy atom. The van der Waals surface area contributed by atoms with Crippen molar-refractivity contribution in [2.45, 2.75) is 13.1 Å². The van der Waals surface area contributed by atoms with Gasteiger partial charge in [0.2, 0.25) is 0 Å². The summed E-state index contributed by atoms with van der Waals surface area (Å²) in [5.41, 5.74) is 3.68. The maximum atomic E-state index is 4.15. The summed E-state index contributed by atoms with van der Waals surface area (Å²) in [4.78, 5) is 0. The summed E-state index contributed by atoms with van der Waals surface area (Å²) in [5, 5.41) is 4.24. The summed E-state index contributed by atoms with van der Waals surface area (Å²) < 4.78 is 0. The first-order chi connectivity index (χ1) is 14.2. The molecule has 0 N–H and O–H groups in total. The van der Waals surface area contributed by atoms with Gasteiger partial charge in [-0.2, -0.15) is 0 Å². The Hall–Kier alpha value is -2.66. The van der Waals surface area contributed by atoms with Crippen LogP contribution in [0.15, 0.2) is 122 Å². The van der Waals surface area contributed by atoms with E-state index in [0.717, 1.165) is 11.7 Å². The molecular formula is C28H26ClP. The van der Waals surface area contributed by atoms with Gasteiger partial charge >= 0.3 is 0 Å². The molecule has 4 aromatic rings. The highest BCUT2D eigenvalue weighted by Crippen LogP contribution is 2.58. The van der Waals surface area contributed by atoms with Gasteiger partial charge in [-0.15, -0.1) is 0 Å². The maximum absolute atomic E-state index is 4.15. The molecule has 0 aliphatic carbocycles. The second-order valence-corrected chi connectivity index (χ2v) is 10.9. The molecule has 0 aromatic heterocycles. The minimum Gasteiger partial charge on any atom is -1.00 e. The van der Waals surface area contributed by atoms with Crippen molar-refractivity contribution in [1.82, 2.24) is 0 Å². The minimum atomic E-state index is -1.85. The van der Waals surface area contributed by atoms with E-state index in [1.165, 1.54) is 27.0 Å². The number of allylic oxidation sites excluding steroid dienone is 1. The van der Waals surface area contributed by atoms with Crippen molar-refractivity contribution < 1.29 is 12.4 Å². The molecule has 150 valence electrons. The normalized spacial score (nSPS) is 10.8. The Bertz CT molecular complexity index is 992. The van der Waals surface area contributed by atoms with Crippen LogP contribution in [0.4, 0.5) is 0 Å². The first-order valence-electron chi connectivity index (χ1n) is 10.00. The van der Waals surface area contributed by atoms with E-state index < -0.39 is 7.26 Å². The summed E-state index contributed by atoms with van der Waals surface area (Å²) in [5.74, 6) is 0. The first-order valence-corrected chi connectivity index (χ1v) is 12.0. The van der Waals surface area contributed by atoms with Gasteiger partial charge in [0.05, 0.1) is 6.16 Å². The van der Waals surface area contributed by atoms with Crippen LogP contribution in [-0.2, 0) is 6.16 Å². The van der Waals surface area contributed by atoms with Crippen LogP contribution in [0.1, 0.15) is 18.1 Å². The molecule has 4 aromatic carbocycles. The zero-order valence-corrected chi connectivity index (χ0v) is 18.9. The number of benzene rings is 4. The van der Waals surface area contributed by atoms with Crippen LogP contribution in [0.5, 0.6) is 0 Å². The average molecular weight is 429 g/mol. The van der Waals surface area contributed by atoms with E-state index in [1.807, 2.05) is 0 Å². The minimum absolute atomic E-state index is 0. The molecule has 0 nitrogen and oxygen atoms in total. The fraction of sp³-hybridized carbons (Fsp3) is 0.0714. The van der Waals surface area contributed by atoms with Crippen LogP contribution in [0.2, 0.25) is 0 Å². The van der Waals surface area contributed by atoms with Crippen molar-refractivity contribution in [3.8, 4) is 0 Å². The molecule has 0 heterocycles. The van der Waals surface area contributed by atoms with E-state index in [1.54, 1.807) is 0 Å². The van der Waals surface area contributed by atoms with Crippen molar-refractivity contribution in [2.75, 3.05) is 0 Å². The lowest BCUT2D eigenvalue weighted by Gasteiger charge is -2.28. The van der Waals surface area contributed by atoms with Crippen molar-refractivity contribution in [2.24, 2.45) is 0 Å². The molecule has 30 heavy (non-hydrogen) atoms. The zero-order valence-electron chi connectivity index (χ0n) is 17.2. The largest absolute Gasteiger partial charge is 1.00 e. The molecular weight excluding hydrogens is 403 g/mol. The fourth-order valence-corrected chi connectivity index (χ4v) is 8.21. The first kappa shape index (κ1) is 22.0. The average Bonchev–Trinajstić information content (AvgIpc) is 2.79. The lowest BCUT2D eigenvalue weighted by molar-refractivity contribution is -0.00000571. The summed E-state index contributed by atoms with van der Waals surface area (Å²) in [6.07, 6.45) is 0.992. The SMILES string of the molecule is C=C(C)c1cccc(C[P+](c2ccccc2)(c2ccccc2)c2ccccc2)c1.[Cl-]. The molecule has 0 bridgehead atoms. The molecule has 0 atom stereocenters. The second-order valence-electron chi connectivity index (χ2n) is 7.46. The molecule has 0 aliphatic heterocycles. The van der Waals surface area contributed by atoms with E-state index in [-0.39, 0.29) is 12.4 Å². The van der Waals surface area contributed by atoms with Gasteiger partial charge < -0.3 is 12.4 Å². The van der Waals surface area contributed by atoms with Gasteiger partial charge in [-0.25, -0.2) is 0 Å². The molecule has 0 radical (unpaired) electrons. The topological polar surface area (TPSA) is 0 Å². The lowest BCUT2D eigenvalue weighted by atomic mass is 10.1. The third-order valence-electron chi connectivity index (χ3n) is 5.43. The molecule has 2 heteroatoms. The van der Waals surface area contributed by atoms with Crippen molar-refractivity contribution in [3.63, 3.8) is 0 Å². The smallest absolute Gasteiger partial charge is 0.116 e. The van der Waals surface area contributed by atoms with Gasteiger partial charge in [-0.05, 0) is 60.5 Å². The number of halogens is 1. The third kappa shape index (κ3) is 4.41. The van der Waals surface area contributed by atoms with Gasteiger partial charge in [0.25, 0.3) is 0 Å². The Morgan fingerprint density at radius 2 is 1.07 bits per heavy atom. The zero-order chi connectivity index (χ0) is 20.1. The van der Waals surface area contributed by atoms with Gasteiger partial charge in [0.15, 0.2) is 0 Å². The molecule has 4 rings (SSSR count). The highest BCUT2D eigenvalue weighted by atomic mass is 35.5. The number of hydrogen-bond acceptors (Lipinski definition) is 0. The van der Waals surface area contributed by atoms with E-state index in [9.17, 15) is 0 Å². The fourth-order valence-electron chi connectivity index (χ4n) is 3.98. The van der Waals surface area contributed by atoms with Gasteiger partial charge in [-0.3, -0.25) is 0 Å². The van der Waals surface area contributed by atoms with E-state index >= 15 is 0 Å². The Balaban J connectivity index is 0.00000256. The third-order valence-corrected chi connectivity index (χ3v) is 9.81. The summed E-state index contributed by atoms with van der Waals surface area (Å²) in [6.45, 7) is 6.22. The summed E-state index contributed by atoms with van der Waals surface area (Å²) >= 11 is 0. The molecule has 0 spiro atoms. The molecule has 0 saturated heterocycles. The van der Waals surface area contributed by atoms with E-state index in [2.05, 4.69) is 129 Å².